The Kier molecular flexibility index (Phi) is 3.32. The van der Waals surface area contributed by atoms with Crippen LogP contribution in [-0.2, 0) is 42.2 Å². The summed E-state index contributed by atoms with van der Waals surface area (Å²) in [5.41, 5.74) is 0. The Labute approximate surface area is 58.2 Å². The molecule has 3 nitrogen and oxygen atoms in total. The maximum absolute atomic E-state index is 10.4. The zero-order chi connectivity index (χ0) is 6.78. The van der Waals surface area contributed by atoms with Crippen LogP contribution < -0.4 is 0 Å². The highest BCUT2D eigenvalue weighted by Crippen LogP contribution is 1.82. The molecule has 0 aliphatic carbocycles. The van der Waals surface area contributed by atoms with E-state index in [1.54, 1.807) is 0 Å². The molecule has 8 heavy (non-hydrogen) atoms. The number of hydrogen-bond donors (Lipinski definition) is 1. The fourth-order valence-corrected chi connectivity index (χ4v) is 1.50. The molecular formula is CH4O3S4. The van der Waals surface area contributed by atoms with Gasteiger partial charge in [-0.3, -0.25) is 8.74 Å². The van der Waals surface area contributed by atoms with Gasteiger partial charge in [0.25, 0.3) is 9.05 Å². The van der Waals surface area contributed by atoms with Gasteiger partial charge in [-0.15, -0.1) is 0 Å². The van der Waals surface area contributed by atoms with Crippen molar-refractivity contribution in [1.29, 1.82) is 0 Å². The Bertz CT molecular complexity index is 256. The van der Waals surface area contributed by atoms with Crippen LogP contribution in [0.15, 0.2) is 0 Å². The van der Waals surface area contributed by atoms with E-state index < -0.39 is 15.6 Å². The molecule has 7 heteroatoms. The van der Waals surface area contributed by atoms with Crippen molar-refractivity contribution in [3.05, 3.63) is 0 Å². The first-order chi connectivity index (χ1) is 3.50. The van der Waals surface area contributed by atoms with E-state index in [1.807, 2.05) is 0 Å². The number of rotatable bonds is 1. The van der Waals surface area contributed by atoms with E-state index in [2.05, 4.69) is 26.6 Å². The second-order valence-corrected chi connectivity index (χ2v) is 8.56. The van der Waals surface area contributed by atoms with Gasteiger partial charge in [0, 0.05) is 28.9 Å². The Balaban J connectivity index is 5.31. The summed E-state index contributed by atoms with van der Waals surface area (Å²) in [6.45, 7) is -1.40. The van der Waals surface area contributed by atoms with Gasteiger partial charge in [0.2, 0.25) is 0 Å². The molecule has 0 amide bonds. The summed E-state index contributed by atoms with van der Waals surface area (Å²) in [6.07, 6.45) is 0. The fourth-order valence-electron chi connectivity index (χ4n) is 0.0556. The summed E-state index contributed by atoms with van der Waals surface area (Å²) < 4.78 is 23.0. The van der Waals surface area contributed by atoms with Crippen molar-refractivity contribution >= 4 is 38.0 Å². The van der Waals surface area contributed by atoms with Crippen LogP contribution in [0.2, 0.25) is 0 Å². The van der Waals surface area contributed by atoms with Gasteiger partial charge in [-0.25, -0.2) is 0 Å². The summed E-state index contributed by atoms with van der Waals surface area (Å²) in [4.78, 5) is 0. The lowest BCUT2D eigenvalue weighted by Gasteiger charge is -1.90. The molecule has 0 aromatic carbocycles. The maximum Gasteiger partial charge on any atom is 0.266 e. The van der Waals surface area contributed by atoms with Gasteiger partial charge in [0.15, 0.2) is 0 Å². The quantitative estimate of drug-likeness (QED) is 0.621. The van der Waals surface area contributed by atoms with Gasteiger partial charge in [0.1, 0.15) is 0 Å². The van der Waals surface area contributed by atoms with E-state index in [1.165, 1.54) is 0 Å². The summed E-state index contributed by atoms with van der Waals surface area (Å²) in [7, 11) is -2.23. The van der Waals surface area contributed by atoms with E-state index in [-0.39, 0.29) is 0 Å². The van der Waals surface area contributed by atoms with Crippen LogP contribution in [0.1, 0.15) is 0 Å². The van der Waals surface area contributed by atoms with Gasteiger partial charge >= 0.3 is 0 Å². The minimum atomic E-state index is -3.33. The summed E-state index contributed by atoms with van der Waals surface area (Å²) in [6, 6.07) is 0. The molecule has 0 saturated heterocycles. The standard InChI is InChI=1S/CH4O3S4/c1-4-8(2,3)7(5)6/h1H3,(H,2,3). The lowest BCUT2D eigenvalue weighted by molar-refractivity contribution is 0.376. The van der Waals surface area contributed by atoms with Crippen LogP contribution >= 0.6 is 0 Å². The molecule has 0 aliphatic heterocycles. The molecule has 0 fully saturated rings. The zero-order valence-corrected chi connectivity index (χ0v) is 7.16. The lowest BCUT2D eigenvalue weighted by atomic mass is 11.8. The van der Waals surface area contributed by atoms with E-state index in [9.17, 15) is 4.21 Å². The van der Waals surface area contributed by atoms with Gasteiger partial charge in [0.05, 0.1) is 7.11 Å². The van der Waals surface area contributed by atoms with Gasteiger partial charge in [-0.1, -0.05) is 0 Å². The average Bonchev–Trinajstić information content (AvgIpc) is 1.67. The SMILES string of the molecule is COS(=O)(O)=S(=S)=S. The largest absolute Gasteiger partial charge is 0.285 e. The van der Waals surface area contributed by atoms with Crippen molar-refractivity contribution in [1.82, 2.24) is 0 Å². The fraction of sp³-hybridized carbons (Fsp3) is 1.00. The van der Waals surface area contributed by atoms with Crippen molar-refractivity contribution < 1.29 is 12.9 Å². The first-order valence-corrected chi connectivity index (χ1v) is 6.46. The van der Waals surface area contributed by atoms with Gasteiger partial charge in [-0.2, -0.15) is 4.21 Å². The highest BCUT2D eigenvalue weighted by molar-refractivity contribution is 8.66. The molecule has 0 spiro atoms. The highest BCUT2D eigenvalue weighted by Gasteiger charge is 1.93. The van der Waals surface area contributed by atoms with Crippen molar-refractivity contribution in [2.45, 2.75) is 0 Å². The molecule has 0 radical (unpaired) electrons. The first kappa shape index (κ1) is 8.73. The molecule has 0 rings (SSSR count). The normalized spacial score (nSPS) is 17.2. The predicted octanol–water partition coefficient (Wildman–Crippen LogP) is -0.238. The van der Waals surface area contributed by atoms with Crippen molar-refractivity contribution in [2.24, 2.45) is 0 Å². The van der Waals surface area contributed by atoms with E-state index in [0.29, 0.717) is 0 Å². The van der Waals surface area contributed by atoms with E-state index in [0.717, 1.165) is 7.11 Å². The van der Waals surface area contributed by atoms with Crippen molar-refractivity contribution in [3.8, 4) is 0 Å². The molecule has 0 aliphatic rings. The Hall–Kier alpha value is 0.730. The monoisotopic (exact) mass is 192 g/mol. The van der Waals surface area contributed by atoms with Gasteiger partial charge in [-0.05, 0) is 0 Å². The third kappa shape index (κ3) is 2.33. The number of hydrogen-bond acceptors (Lipinski definition) is 4. The minimum absolute atomic E-state index is 1.10. The molecule has 0 aromatic rings. The second kappa shape index (κ2) is 3.04. The molecule has 1 unspecified atom stereocenters. The maximum atomic E-state index is 10.4. The van der Waals surface area contributed by atoms with Crippen molar-refractivity contribution in [2.75, 3.05) is 7.11 Å². The Morgan fingerprint density at radius 2 is 2.12 bits per heavy atom. The van der Waals surface area contributed by atoms with E-state index in [4.69, 9.17) is 4.55 Å². The first-order valence-electron chi connectivity index (χ1n) is 1.42. The topological polar surface area (TPSA) is 46.5 Å². The predicted molar refractivity (Wildman–Crippen MR) is 39.9 cm³/mol. The van der Waals surface area contributed by atoms with Crippen LogP contribution in [0, 0.1) is 0 Å². The third-order valence-corrected chi connectivity index (χ3v) is 5.68. The third-order valence-electron chi connectivity index (χ3n) is 0.383. The highest BCUT2D eigenvalue weighted by atomic mass is 33.3. The smallest absolute Gasteiger partial charge is 0.266 e. The molecule has 0 aromatic heterocycles. The van der Waals surface area contributed by atoms with Gasteiger partial charge < -0.3 is 0 Å². The Morgan fingerprint density at radius 1 is 1.75 bits per heavy atom. The summed E-state index contributed by atoms with van der Waals surface area (Å²) in [5, 5.41) is 0. The Morgan fingerprint density at radius 3 is 2.12 bits per heavy atom. The van der Waals surface area contributed by atoms with Crippen LogP contribution in [0.25, 0.3) is 0 Å². The summed E-state index contributed by atoms with van der Waals surface area (Å²) in [5.74, 6) is 0. The second-order valence-electron chi connectivity index (χ2n) is 0.799. The molecular weight excluding hydrogens is 188 g/mol. The average molecular weight is 192 g/mol. The molecule has 0 heterocycles. The van der Waals surface area contributed by atoms with Crippen LogP contribution in [-0.4, -0.2) is 15.9 Å². The zero-order valence-electron chi connectivity index (χ0n) is 3.90. The lowest BCUT2D eigenvalue weighted by Crippen LogP contribution is -1.98. The van der Waals surface area contributed by atoms with Crippen LogP contribution in [0.4, 0.5) is 0 Å². The van der Waals surface area contributed by atoms with E-state index >= 15 is 0 Å². The molecule has 1 N–H and O–H groups in total. The molecule has 0 bridgehead atoms. The molecule has 50 valence electrons. The molecule has 0 saturated carbocycles. The minimum Gasteiger partial charge on any atom is -0.285 e. The van der Waals surface area contributed by atoms with Crippen LogP contribution in [0.3, 0.4) is 0 Å². The summed E-state index contributed by atoms with van der Waals surface area (Å²) >= 11 is 8.61. The molecule has 1 atom stereocenters. The van der Waals surface area contributed by atoms with Crippen LogP contribution in [0.5, 0.6) is 0 Å². The van der Waals surface area contributed by atoms with Crippen molar-refractivity contribution in [3.63, 3.8) is 0 Å².